The monoisotopic (exact) mass is 402 g/mol. The van der Waals surface area contributed by atoms with Crippen LogP contribution in [0, 0.1) is 0 Å². The molecule has 0 unspecified atom stereocenters. The van der Waals surface area contributed by atoms with Crippen LogP contribution in [0.2, 0.25) is 0 Å². The number of amidine groups is 1. The summed E-state index contributed by atoms with van der Waals surface area (Å²) in [6.45, 7) is 2.10. The third-order valence-electron chi connectivity index (χ3n) is 3.84. The van der Waals surface area contributed by atoms with E-state index in [1.54, 1.807) is 44.4 Å². The predicted octanol–water partition coefficient (Wildman–Crippen LogP) is 3.38. The SMILES string of the molecule is CCN1C(=O)/C(=C/c2cccc(OC)c2)S/C1=N\S(=O)(=O)c1ccccc1. The molecule has 8 heteroatoms. The molecule has 0 N–H and O–H groups in total. The Labute approximate surface area is 162 Å². The summed E-state index contributed by atoms with van der Waals surface area (Å²) >= 11 is 1.05. The molecule has 1 aliphatic rings. The molecule has 0 saturated carbocycles. The number of methoxy groups -OCH3 is 1. The van der Waals surface area contributed by atoms with Gasteiger partial charge in [0.2, 0.25) is 0 Å². The van der Waals surface area contributed by atoms with Gasteiger partial charge in [0.1, 0.15) is 5.75 Å². The highest BCUT2D eigenvalue weighted by Gasteiger charge is 2.34. The van der Waals surface area contributed by atoms with E-state index in [-0.39, 0.29) is 16.0 Å². The van der Waals surface area contributed by atoms with Crippen LogP contribution in [-0.4, -0.2) is 38.0 Å². The van der Waals surface area contributed by atoms with E-state index in [4.69, 9.17) is 4.74 Å². The second kappa shape index (κ2) is 7.98. The average molecular weight is 402 g/mol. The number of hydrogen-bond acceptors (Lipinski definition) is 5. The van der Waals surface area contributed by atoms with Crippen LogP contribution >= 0.6 is 11.8 Å². The van der Waals surface area contributed by atoms with Crippen molar-refractivity contribution in [1.82, 2.24) is 4.90 Å². The first kappa shape index (κ1) is 19.2. The molecule has 1 fully saturated rings. The Morgan fingerprint density at radius 3 is 2.56 bits per heavy atom. The van der Waals surface area contributed by atoms with Crippen LogP contribution in [-0.2, 0) is 14.8 Å². The van der Waals surface area contributed by atoms with Crippen molar-refractivity contribution in [2.75, 3.05) is 13.7 Å². The maximum absolute atomic E-state index is 12.7. The number of thioether (sulfide) groups is 1. The lowest BCUT2D eigenvalue weighted by atomic mass is 10.2. The molecular weight excluding hydrogens is 384 g/mol. The van der Waals surface area contributed by atoms with Crippen molar-refractivity contribution < 1.29 is 17.9 Å². The van der Waals surface area contributed by atoms with Gasteiger partial charge in [-0.05, 0) is 54.6 Å². The van der Waals surface area contributed by atoms with Crippen molar-refractivity contribution in [1.29, 1.82) is 0 Å². The summed E-state index contributed by atoms with van der Waals surface area (Å²) in [6, 6.07) is 15.2. The van der Waals surface area contributed by atoms with Crippen LogP contribution in [0.4, 0.5) is 0 Å². The Kier molecular flexibility index (Phi) is 5.67. The molecule has 0 atom stereocenters. The van der Waals surface area contributed by atoms with Gasteiger partial charge in [-0.15, -0.1) is 4.40 Å². The van der Waals surface area contributed by atoms with Crippen molar-refractivity contribution in [2.24, 2.45) is 4.40 Å². The minimum Gasteiger partial charge on any atom is -0.497 e. The normalized spacial score (nSPS) is 17.7. The summed E-state index contributed by atoms with van der Waals surface area (Å²) in [5.41, 5.74) is 0.786. The zero-order chi connectivity index (χ0) is 19.4. The molecule has 2 aromatic rings. The lowest BCUT2D eigenvalue weighted by Gasteiger charge is -2.11. The molecule has 140 valence electrons. The Hall–Kier alpha value is -2.58. The van der Waals surface area contributed by atoms with Crippen LogP contribution < -0.4 is 4.74 Å². The predicted molar refractivity (Wildman–Crippen MR) is 107 cm³/mol. The summed E-state index contributed by atoms with van der Waals surface area (Å²) in [7, 11) is -2.32. The van der Waals surface area contributed by atoms with Crippen molar-refractivity contribution in [3.05, 3.63) is 65.1 Å². The number of rotatable bonds is 5. The first-order valence-corrected chi connectivity index (χ1v) is 10.5. The molecule has 0 radical (unpaired) electrons. The van der Waals surface area contributed by atoms with E-state index in [0.29, 0.717) is 17.2 Å². The van der Waals surface area contributed by atoms with Gasteiger partial charge in [0.05, 0.1) is 16.9 Å². The molecule has 0 aliphatic carbocycles. The van der Waals surface area contributed by atoms with Crippen molar-refractivity contribution >= 4 is 38.9 Å². The maximum atomic E-state index is 12.7. The van der Waals surface area contributed by atoms with Crippen molar-refractivity contribution in [3.8, 4) is 5.75 Å². The van der Waals surface area contributed by atoms with E-state index < -0.39 is 10.0 Å². The van der Waals surface area contributed by atoms with E-state index in [0.717, 1.165) is 17.3 Å². The molecule has 0 spiro atoms. The van der Waals surface area contributed by atoms with Gasteiger partial charge < -0.3 is 4.74 Å². The minimum absolute atomic E-state index is 0.0897. The van der Waals surface area contributed by atoms with E-state index >= 15 is 0 Å². The largest absolute Gasteiger partial charge is 0.497 e. The number of benzene rings is 2. The first-order valence-electron chi connectivity index (χ1n) is 8.20. The van der Waals surface area contributed by atoms with Crippen LogP contribution in [0.25, 0.3) is 6.08 Å². The van der Waals surface area contributed by atoms with Gasteiger partial charge in [-0.1, -0.05) is 30.3 Å². The smallest absolute Gasteiger partial charge is 0.284 e. The summed E-state index contributed by atoms with van der Waals surface area (Å²) in [5.74, 6) is 0.403. The number of nitrogens with zero attached hydrogens (tertiary/aromatic N) is 2. The molecular formula is C19H18N2O4S2. The van der Waals surface area contributed by atoms with Gasteiger partial charge in [0.15, 0.2) is 5.17 Å². The fraction of sp³-hybridized carbons (Fsp3) is 0.158. The topological polar surface area (TPSA) is 76.0 Å². The minimum atomic E-state index is -3.89. The van der Waals surface area contributed by atoms with Gasteiger partial charge in [0.25, 0.3) is 15.9 Å². The van der Waals surface area contributed by atoms with E-state index in [1.165, 1.54) is 17.0 Å². The number of ether oxygens (including phenoxy) is 1. The summed E-state index contributed by atoms with van der Waals surface area (Å²) in [6.07, 6.45) is 1.70. The molecule has 1 amide bonds. The maximum Gasteiger partial charge on any atom is 0.284 e. The Morgan fingerprint density at radius 1 is 1.15 bits per heavy atom. The van der Waals surface area contributed by atoms with Crippen LogP contribution in [0.5, 0.6) is 5.75 Å². The highest BCUT2D eigenvalue weighted by molar-refractivity contribution is 8.19. The fourth-order valence-electron chi connectivity index (χ4n) is 2.49. The lowest BCUT2D eigenvalue weighted by Crippen LogP contribution is -2.29. The highest BCUT2D eigenvalue weighted by Crippen LogP contribution is 2.33. The molecule has 1 aliphatic heterocycles. The van der Waals surface area contributed by atoms with E-state index in [9.17, 15) is 13.2 Å². The lowest BCUT2D eigenvalue weighted by molar-refractivity contribution is -0.122. The summed E-state index contributed by atoms with van der Waals surface area (Å²) in [4.78, 5) is 14.5. The Balaban J connectivity index is 1.96. The zero-order valence-electron chi connectivity index (χ0n) is 14.8. The molecule has 3 rings (SSSR count). The van der Waals surface area contributed by atoms with E-state index in [2.05, 4.69) is 4.40 Å². The number of carbonyl (C=O) groups is 1. The first-order chi connectivity index (χ1) is 12.9. The number of carbonyl (C=O) groups excluding carboxylic acids is 1. The second-order valence-electron chi connectivity index (χ2n) is 5.60. The van der Waals surface area contributed by atoms with Gasteiger partial charge in [-0.3, -0.25) is 9.69 Å². The third-order valence-corrected chi connectivity index (χ3v) is 6.24. The summed E-state index contributed by atoms with van der Waals surface area (Å²) < 4.78 is 34.1. The van der Waals surface area contributed by atoms with Crippen molar-refractivity contribution in [3.63, 3.8) is 0 Å². The number of amides is 1. The molecule has 0 aromatic heterocycles. The molecule has 1 saturated heterocycles. The molecule has 27 heavy (non-hydrogen) atoms. The van der Waals surface area contributed by atoms with Gasteiger partial charge in [-0.25, -0.2) is 0 Å². The fourth-order valence-corrected chi connectivity index (χ4v) is 4.75. The molecule has 0 bridgehead atoms. The second-order valence-corrected chi connectivity index (χ2v) is 8.21. The standard InChI is InChI=1S/C19H18N2O4S2/c1-3-21-18(22)17(13-14-8-7-9-15(12-14)25-2)26-19(21)20-27(23,24)16-10-5-4-6-11-16/h4-13H,3H2,1-2H3/b17-13-,20-19-. The van der Waals surface area contributed by atoms with E-state index in [1.807, 2.05) is 18.2 Å². The molecule has 1 heterocycles. The Bertz CT molecular complexity index is 1020. The van der Waals surface area contributed by atoms with Crippen LogP contribution in [0.3, 0.4) is 0 Å². The quantitative estimate of drug-likeness (QED) is 0.717. The summed E-state index contributed by atoms with van der Waals surface area (Å²) in [5, 5.41) is 0.153. The third kappa shape index (κ3) is 4.23. The van der Waals surface area contributed by atoms with Crippen LogP contribution in [0.15, 0.2) is 68.8 Å². The van der Waals surface area contributed by atoms with Gasteiger partial charge >= 0.3 is 0 Å². The molecule has 2 aromatic carbocycles. The Morgan fingerprint density at radius 2 is 1.89 bits per heavy atom. The number of sulfonamides is 1. The van der Waals surface area contributed by atoms with Crippen LogP contribution in [0.1, 0.15) is 12.5 Å². The van der Waals surface area contributed by atoms with Gasteiger partial charge in [-0.2, -0.15) is 8.42 Å². The number of hydrogen-bond donors (Lipinski definition) is 0. The van der Waals surface area contributed by atoms with Crippen molar-refractivity contribution in [2.45, 2.75) is 11.8 Å². The average Bonchev–Trinajstić information content (AvgIpc) is 2.96. The van der Waals surface area contributed by atoms with Gasteiger partial charge in [0, 0.05) is 6.54 Å². The highest BCUT2D eigenvalue weighted by atomic mass is 32.2. The number of likely N-dealkylation sites (N-methyl/N-ethyl adjacent to an activating group) is 1. The molecule has 6 nitrogen and oxygen atoms in total. The zero-order valence-corrected chi connectivity index (χ0v) is 16.5.